The lowest BCUT2D eigenvalue weighted by Gasteiger charge is -2.33. The van der Waals surface area contributed by atoms with Gasteiger partial charge in [0.2, 0.25) is 5.91 Å². The van der Waals surface area contributed by atoms with E-state index in [2.05, 4.69) is 58.4 Å². The van der Waals surface area contributed by atoms with Crippen LogP contribution in [0.5, 0.6) is 0 Å². The monoisotopic (exact) mass is 391 g/mol. The fraction of sp³-hybridized carbons (Fsp3) is 0.435. The summed E-state index contributed by atoms with van der Waals surface area (Å²) in [5.41, 5.74) is 2.38. The lowest BCUT2D eigenvalue weighted by atomic mass is 10.0. The molecule has 1 aliphatic rings. The molecule has 0 bridgehead atoms. The summed E-state index contributed by atoms with van der Waals surface area (Å²) in [5.74, 6) is 1.22. The smallest absolute Gasteiger partial charge is 0.225 e. The summed E-state index contributed by atoms with van der Waals surface area (Å²) in [4.78, 5) is 19.1. The van der Waals surface area contributed by atoms with E-state index in [0.717, 1.165) is 43.8 Å². The van der Waals surface area contributed by atoms with Crippen LogP contribution in [0.3, 0.4) is 0 Å². The second kappa shape index (κ2) is 8.74. The molecule has 1 aromatic carbocycles. The van der Waals surface area contributed by atoms with E-state index in [1.165, 1.54) is 10.9 Å². The van der Waals surface area contributed by atoms with Gasteiger partial charge < -0.3 is 5.32 Å². The fourth-order valence-electron chi connectivity index (χ4n) is 4.14. The SMILES string of the molecule is CC(C)CC(=O)Nc1ccnn1C1CCN(Cc2cccc3ncccc23)CC1. The predicted octanol–water partition coefficient (Wildman–Crippen LogP) is 4.25. The molecular weight excluding hydrogens is 362 g/mol. The number of aromatic nitrogens is 3. The van der Waals surface area contributed by atoms with Crippen molar-refractivity contribution in [2.75, 3.05) is 18.4 Å². The summed E-state index contributed by atoms with van der Waals surface area (Å²) < 4.78 is 2.00. The molecule has 0 aliphatic carbocycles. The first-order valence-electron chi connectivity index (χ1n) is 10.5. The van der Waals surface area contributed by atoms with Crippen LogP contribution >= 0.6 is 0 Å². The van der Waals surface area contributed by atoms with Crippen molar-refractivity contribution in [2.45, 2.75) is 45.7 Å². The van der Waals surface area contributed by atoms with Crippen LogP contribution < -0.4 is 5.32 Å². The van der Waals surface area contributed by atoms with E-state index in [-0.39, 0.29) is 5.91 Å². The number of nitrogens with one attached hydrogen (secondary N) is 1. The summed E-state index contributed by atoms with van der Waals surface area (Å²) in [6, 6.07) is 12.7. The Morgan fingerprint density at radius 1 is 1.14 bits per heavy atom. The van der Waals surface area contributed by atoms with Crippen LogP contribution in [0.15, 0.2) is 48.8 Å². The highest BCUT2D eigenvalue weighted by atomic mass is 16.1. The summed E-state index contributed by atoms with van der Waals surface area (Å²) in [5, 5.41) is 8.76. The molecule has 0 radical (unpaired) electrons. The van der Waals surface area contributed by atoms with Gasteiger partial charge in [-0.15, -0.1) is 0 Å². The van der Waals surface area contributed by atoms with Crippen LogP contribution in [0.2, 0.25) is 0 Å². The van der Waals surface area contributed by atoms with Crippen molar-refractivity contribution >= 4 is 22.6 Å². The number of amides is 1. The molecule has 0 unspecified atom stereocenters. The number of anilines is 1. The van der Waals surface area contributed by atoms with Gasteiger partial charge in [0.1, 0.15) is 5.82 Å². The standard InChI is InChI=1S/C23H29N5O/c1-17(2)15-23(29)26-22-8-12-25-28(22)19-9-13-27(14-10-19)16-18-5-3-7-21-20(18)6-4-11-24-21/h3-8,11-12,17,19H,9-10,13-16H2,1-2H3,(H,26,29). The van der Waals surface area contributed by atoms with Gasteiger partial charge in [-0.3, -0.25) is 14.7 Å². The highest BCUT2D eigenvalue weighted by Crippen LogP contribution is 2.27. The maximum Gasteiger partial charge on any atom is 0.225 e. The van der Waals surface area contributed by atoms with Crippen LogP contribution in [0.25, 0.3) is 10.9 Å². The maximum absolute atomic E-state index is 12.2. The molecule has 1 N–H and O–H groups in total. The fourth-order valence-corrected chi connectivity index (χ4v) is 4.14. The molecule has 3 aromatic rings. The van der Waals surface area contributed by atoms with Gasteiger partial charge in [-0.25, -0.2) is 4.68 Å². The first kappa shape index (κ1) is 19.6. The Balaban J connectivity index is 1.38. The number of piperidine rings is 1. The second-order valence-electron chi connectivity index (χ2n) is 8.30. The molecule has 6 nitrogen and oxygen atoms in total. The Bertz CT molecular complexity index is 967. The summed E-state index contributed by atoms with van der Waals surface area (Å²) in [6.45, 7) is 7.07. The molecule has 1 aliphatic heterocycles. The quantitative estimate of drug-likeness (QED) is 0.682. The Hall–Kier alpha value is -2.73. The van der Waals surface area contributed by atoms with Gasteiger partial charge in [0.15, 0.2) is 0 Å². The third-order valence-corrected chi connectivity index (χ3v) is 5.56. The molecule has 1 fully saturated rings. The number of nitrogens with zero attached hydrogens (tertiary/aromatic N) is 4. The Morgan fingerprint density at radius 3 is 2.76 bits per heavy atom. The molecule has 6 heteroatoms. The average Bonchev–Trinajstić information content (AvgIpc) is 3.16. The number of carbonyl (C=O) groups excluding carboxylic acids is 1. The van der Waals surface area contributed by atoms with Gasteiger partial charge in [0.05, 0.1) is 17.8 Å². The van der Waals surface area contributed by atoms with E-state index in [1.54, 1.807) is 6.20 Å². The minimum Gasteiger partial charge on any atom is -0.311 e. The highest BCUT2D eigenvalue weighted by Gasteiger charge is 2.23. The third kappa shape index (κ3) is 4.65. The summed E-state index contributed by atoms with van der Waals surface area (Å²) in [7, 11) is 0. The van der Waals surface area contributed by atoms with Gasteiger partial charge >= 0.3 is 0 Å². The number of carbonyl (C=O) groups is 1. The van der Waals surface area contributed by atoms with Crippen molar-refractivity contribution in [3.63, 3.8) is 0 Å². The van der Waals surface area contributed by atoms with Crippen molar-refractivity contribution in [2.24, 2.45) is 5.92 Å². The zero-order chi connectivity index (χ0) is 20.2. The molecule has 2 aromatic heterocycles. The summed E-state index contributed by atoms with van der Waals surface area (Å²) in [6.07, 6.45) is 6.21. The molecule has 0 saturated carbocycles. The van der Waals surface area contributed by atoms with Gasteiger partial charge in [0, 0.05) is 43.7 Å². The molecule has 152 valence electrons. The van der Waals surface area contributed by atoms with E-state index in [1.807, 2.05) is 23.0 Å². The Morgan fingerprint density at radius 2 is 1.97 bits per heavy atom. The first-order valence-corrected chi connectivity index (χ1v) is 10.5. The number of rotatable bonds is 6. The highest BCUT2D eigenvalue weighted by molar-refractivity contribution is 5.89. The van der Waals surface area contributed by atoms with Gasteiger partial charge in [-0.1, -0.05) is 32.0 Å². The Labute approximate surface area is 171 Å². The topological polar surface area (TPSA) is 63.1 Å². The lowest BCUT2D eigenvalue weighted by molar-refractivity contribution is -0.116. The van der Waals surface area contributed by atoms with E-state index in [4.69, 9.17) is 0 Å². The number of fused-ring (bicyclic) bond motifs is 1. The molecule has 29 heavy (non-hydrogen) atoms. The van der Waals surface area contributed by atoms with Crippen LogP contribution in [-0.2, 0) is 11.3 Å². The van der Waals surface area contributed by atoms with Gasteiger partial charge in [-0.2, -0.15) is 5.10 Å². The van der Waals surface area contributed by atoms with Crippen molar-refractivity contribution in [1.82, 2.24) is 19.7 Å². The van der Waals surface area contributed by atoms with Crippen molar-refractivity contribution in [1.29, 1.82) is 0 Å². The van der Waals surface area contributed by atoms with Crippen molar-refractivity contribution < 1.29 is 4.79 Å². The second-order valence-corrected chi connectivity index (χ2v) is 8.30. The third-order valence-electron chi connectivity index (χ3n) is 5.56. The van der Waals surface area contributed by atoms with Crippen LogP contribution in [0.4, 0.5) is 5.82 Å². The van der Waals surface area contributed by atoms with E-state index in [0.29, 0.717) is 18.4 Å². The molecule has 3 heterocycles. The van der Waals surface area contributed by atoms with E-state index < -0.39 is 0 Å². The zero-order valence-corrected chi connectivity index (χ0v) is 17.2. The molecule has 0 spiro atoms. The zero-order valence-electron chi connectivity index (χ0n) is 17.2. The number of likely N-dealkylation sites (tertiary alicyclic amines) is 1. The maximum atomic E-state index is 12.2. The Kier molecular flexibility index (Phi) is 5.90. The minimum absolute atomic E-state index is 0.0590. The lowest BCUT2D eigenvalue weighted by Crippen LogP contribution is -2.35. The molecular formula is C23H29N5O. The van der Waals surface area contributed by atoms with Crippen LogP contribution in [0, 0.1) is 5.92 Å². The van der Waals surface area contributed by atoms with Crippen LogP contribution in [0.1, 0.15) is 44.7 Å². The van der Waals surface area contributed by atoms with Crippen molar-refractivity contribution in [3.8, 4) is 0 Å². The molecule has 0 atom stereocenters. The largest absolute Gasteiger partial charge is 0.311 e. The number of pyridine rings is 1. The molecule has 1 amide bonds. The molecule has 4 rings (SSSR count). The van der Waals surface area contributed by atoms with Gasteiger partial charge in [-0.05, 0) is 36.5 Å². The van der Waals surface area contributed by atoms with Gasteiger partial charge in [0.25, 0.3) is 0 Å². The average molecular weight is 392 g/mol. The minimum atomic E-state index is 0.0590. The number of benzene rings is 1. The van der Waals surface area contributed by atoms with E-state index >= 15 is 0 Å². The summed E-state index contributed by atoms with van der Waals surface area (Å²) >= 11 is 0. The number of hydrogen-bond donors (Lipinski definition) is 1. The van der Waals surface area contributed by atoms with E-state index in [9.17, 15) is 4.79 Å². The van der Waals surface area contributed by atoms with Crippen molar-refractivity contribution in [3.05, 3.63) is 54.4 Å². The number of hydrogen-bond acceptors (Lipinski definition) is 4. The predicted molar refractivity (Wildman–Crippen MR) is 116 cm³/mol. The van der Waals surface area contributed by atoms with Crippen LogP contribution in [-0.4, -0.2) is 38.7 Å². The normalized spacial score (nSPS) is 15.8. The molecule has 1 saturated heterocycles. The first-order chi connectivity index (χ1) is 14.1.